The number of rotatable bonds is 4. The number of fused-ring (bicyclic) bond motifs is 2. The summed E-state index contributed by atoms with van der Waals surface area (Å²) in [4.78, 5) is 14.5. The van der Waals surface area contributed by atoms with Gasteiger partial charge < -0.3 is 15.0 Å². The molecule has 148 valence electrons. The van der Waals surface area contributed by atoms with Gasteiger partial charge in [-0.25, -0.2) is 0 Å². The molecule has 0 saturated carbocycles. The molecule has 4 aliphatic heterocycles. The van der Waals surface area contributed by atoms with Crippen molar-refractivity contribution in [2.24, 2.45) is 5.92 Å². The number of carbonyl (C=O) groups is 1. The third-order valence-corrected chi connectivity index (χ3v) is 8.28. The first-order valence-electron chi connectivity index (χ1n) is 9.89. The smallest absolute Gasteiger partial charge is 0.282 e. The van der Waals surface area contributed by atoms with E-state index in [4.69, 9.17) is 4.74 Å². The maximum atomic E-state index is 12.7. The number of morpholine rings is 1. The summed E-state index contributed by atoms with van der Waals surface area (Å²) in [5.41, 5.74) is 0. The van der Waals surface area contributed by atoms with Crippen LogP contribution in [0.4, 0.5) is 0 Å². The molecule has 26 heavy (non-hydrogen) atoms. The molecule has 1 amide bonds. The second-order valence-electron chi connectivity index (χ2n) is 7.98. The summed E-state index contributed by atoms with van der Waals surface area (Å²) in [6.45, 7) is 3.52. The number of hydrogen-bond acceptors (Lipinski definition) is 5. The highest BCUT2D eigenvalue weighted by Gasteiger charge is 2.37. The molecule has 4 fully saturated rings. The molecule has 4 aliphatic rings. The molecule has 8 nitrogen and oxygen atoms in total. The summed E-state index contributed by atoms with van der Waals surface area (Å²) >= 11 is 0. The third kappa shape index (κ3) is 3.91. The Balaban J connectivity index is 1.27. The van der Waals surface area contributed by atoms with Gasteiger partial charge in [-0.2, -0.15) is 17.0 Å². The fourth-order valence-electron chi connectivity index (χ4n) is 4.83. The van der Waals surface area contributed by atoms with Gasteiger partial charge in [-0.15, -0.1) is 0 Å². The van der Waals surface area contributed by atoms with Crippen LogP contribution in [0.1, 0.15) is 32.1 Å². The summed E-state index contributed by atoms with van der Waals surface area (Å²) in [5, 5.41) is 3.61. The second-order valence-corrected chi connectivity index (χ2v) is 9.91. The van der Waals surface area contributed by atoms with Crippen LogP contribution in [0.25, 0.3) is 0 Å². The van der Waals surface area contributed by atoms with Crippen LogP contribution in [0.3, 0.4) is 0 Å². The summed E-state index contributed by atoms with van der Waals surface area (Å²) in [6.07, 6.45) is 5.31. The fourth-order valence-corrected chi connectivity index (χ4v) is 6.39. The monoisotopic (exact) mass is 386 g/mol. The zero-order valence-electron chi connectivity index (χ0n) is 15.3. The van der Waals surface area contributed by atoms with Gasteiger partial charge in [-0.3, -0.25) is 4.79 Å². The topological polar surface area (TPSA) is 82.2 Å². The number of carbonyl (C=O) groups excluding carboxylic acids is 1. The lowest BCUT2D eigenvalue weighted by molar-refractivity contribution is -0.133. The van der Waals surface area contributed by atoms with E-state index < -0.39 is 10.2 Å². The van der Waals surface area contributed by atoms with Gasteiger partial charge in [0.05, 0.1) is 13.2 Å². The Kier molecular flexibility index (Phi) is 5.52. The van der Waals surface area contributed by atoms with Crippen molar-refractivity contribution in [3.63, 3.8) is 0 Å². The molecular weight excluding hydrogens is 356 g/mol. The van der Waals surface area contributed by atoms with Gasteiger partial charge in [-0.05, 0) is 31.6 Å². The maximum absolute atomic E-state index is 12.7. The van der Waals surface area contributed by atoms with Gasteiger partial charge in [0.25, 0.3) is 10.2 Å². The van der Waals surface area contributed by atoms with Gasteiger partial charge in [-0.1, -0.05) is 0 Å². The minimum Gasteiger partial charge on any atom is -0.379 e. The molecule has 0 radical (unpaired) electrons. The van der Waals surface area contributed by atoms with Crippen LogP contribution in [0.5, 0.6) is 0 Å². The summed E-state index contributed by atoms with van der Waals surface area (Å²) in [5.74, 6) is 0.677. The zero-order chi connectivity index (χ0) is 18.1. The van der Waals surface area contributed by atoms with Crippen molar-refractivity contribution < 1.29 is 17.9 Å². The van der Waals surface area contributed by atoms with E-state index in [1.54, 1.807) is 0 Å². The molecule has 4 saturated heterocycles. The number of ether oxygens (including phenoxy) is 1. The van der Waals surface area contributed by atoms with E-state index in [1.807, 2.05) is 4.90 Å². The van der Waals surface area contributed by atoms with Crippen LogP contribution in [0, 0.1) is 5.92 Å². The van der Waals surface area contributed by atoms with E-state index in [0.717, 1.165) is 12.8 Å². The first-order chi connectivity index (χ1) is 12.5. The SMILES string of the molecule is O=C(CC1CC2CCC(C1)N2)N1CCN(S(=O)(=O)N2CCOCC2)CC1. The molecule has 9 heteroatoms. The largest absolute Gasteiger partial charge is 0.379 e. The molecule has 0 aliphatic carbocycles. The van der Waals surface area contributed by atoms with Gasteiger partial charge in [0, 0.05) is 57.8 Å². The minimum atomic E-state index is -3.43. The Morgan fingerprint density at radius 2 is 1.50 bits per heavy atom. The van der Waals surface area contributed by atoms with Gasteiger partial charge >= 0.3 is 0 Å². The highest BCUT2D eigenvalue weighted by atomic mass is 32.2. The molecule has 1 N–H and O–H groups in total. The average molecular weight is 387 g/mol. The number of nitrogens with zero attached hydrogens (tertiary/aromatic N) is 3. The van der Waals surface area contributed by atoms with Gasteiger partial charge in [0.15, 0.2) is 0 Å². The van der Waals surface area contributed by atoms with Gasteiger partial charge in [0.1, 0.15) is 0 Å². The Morgan fingerprint density at radius 3 is 2.12 bits per heavy atom. The molecule has 0 spiro atoms. The Bertz CT molecular complexity index is 602. The second kappa shape index (κ2) is 7.71. The summed E-state index contributed by atoms with van der Waals surface area (Å²) in [7, 11) is -3.43. The highest BCUT2D eigenvalue weighted by Crippen LogP contribution is 2.33. The van der Waals surface area contributed by atoms with Crippen LogP contribution < -0.4 is 5.32 Å². The lowest BCUT2D eigenvalue weighted by atomic mass is 9.89. The first-order valence-corrected chi connectivity index (χ1v) is 11.3. The van der Waals surface area contributed by atoms with Crippen molar-refractivity contribution >= 4 is 16.1 Å². The molecule has 0 aromatic heterocycles. The number of hydrogen-bond donors (Lipinski definition) is 1. The average Bonchev–Trinajstić information content (AvgIpc) is 3.01. The van der Waals surface area contributed by atoms with E-state index in [2.05, 4.69) is 5.32 Å². The molecule has 2 unspecified atom stereocenters. The fraction of sp³-hybridized carbons (Fsp3) is 0.941. The highest BCUT2D eigenvalue weighted by molar-refractivity contribution is 7.86. The Labute approximate surface area is 156 Å². The van der Waals surface area contributed by atoms with Crippen molar-refractivity contribution in [1.82, 2.24) is 18.8 Å². The van der Waals surface area contributed by atoms with E-state index in [9.17, 15) is 13.2 Å². The van der Waals surface area contributed by atoms with Crippen molar-refractivity contribution in [1.29, 1.82) is 0 Å². The van der Waals surface area contributed by atoms with Crippen LogP contribution in [0.2, 0.25) is 0 Å². The molecule has 0 aromatic carbocycles. The number of piperazine rings is 1. The van der Waals surface area contributed by atoms with Crippen LogP contribution in [-0.4, -0.2) is 92.4 Å². The molecule has 2 atom stereocenters. The maximum Gasteiger partial charge on any atom is 0.282 e. The quantitative estimate of drug-likeness (QED) is 0.713. The Hall–Kier alpha value is -0.740. The van der Waals surface area contributed by atoms with Crippen molar-refractivity contribution in [2.75, 3.05) is 52.5 Å². The zero-order valence-corrected chi connectivity index (χ0v) is 16.1. The standard InChI is InChI=1S/C17H30N4O4S/c22-17(13-14-11-15-1-2-16(12-14)18-15)19-3-5-20(6-4-19)26(23,24)21-7-9-25-10-8-21/h14-16,18H,1-13H2. The molecule has 0 aromatic rings. The van der Waals surface area contributed by atoms with Crippen molar-refractivity contribution in [3.8, 4) is 0 Å². The number of nitrogens with one attached hydrogen (secondary N) is 1. The molecule has 4 heterocycles. The molecule has 2 bridgehead atoms. The minimum absolute atomic E-state index is 0.194. The van der Waals surface area contributed by atoms with E-state index in [1.165, 1.54) is 21.5 Å². The van der Waals surface area contributed by atoms with Gasteiger partial charge in [0.2, 0.25) is 5.91 Å². The summed E-state index contributed by atoms with van der Waals surface area (Å²) in [6, 6.07) is 1.20. The predicted molar refractivity (Wildman–Crippen MR) is 96.8 cm³/mol. The third-order valence-electron chi connectivity index (χ3n) is 6.25. The number of piperidine rings is 1. The van der Waals surface area contributed by atoms with E-state index in [-0.39, 0.29) is 5.91 Å². The van der Waals surface area contributed by atoms with Crippen molar-refractivity contribution in [3.05, 3.63) is 0 Å². The van der Waals surface area contributed by atoms with Crippen LogP contribution in [-0.2, 0) is 19.7 Å². The molecular formula is C17H30N4O4S. The lowest BCUT2D eigenvalue weighted by Gasteiger charge is -2.38. The molecule has 4 rings (SSSR count). The lowest BCUT2D eigenvalue weighted by Crippen LogP contribution is -2.56. The summed E-state index contributed by atoms with van der Waals surface area (Å²) < 4.78 is 33.7. The Morgan fingerprint density at radius 1 is 0.923 bits per heavy atom. The predicted octanol–water partition coefficient (Wildman–Crippen LogP) is -0.372. The normalized spacial score (nSPS) is 34.2. The van der Waals surface area contributed by atoms with Crippen LogP contribution in [0.15, 0.2) is 0 Å². The van der Waals surface area contributed by atoms with E-state index in [0.29, 0.717) is 76.9 Å². The van der Waals surface area contributed by atoms with E-state index >= 15 is 0 Å². The first kappa shape index (κ1) is 18.6. The van der Waals surface area contributed by atoms with Crippen LogP contribution >= 0.6 is 0 Å². The van der Waals surface area contributed by atoms with Crippen molar-refractivity contribution in [2.45, 2.75) is 44.2 Å². The number of amides is 1.